The monoisotopic (exact) mass is 483 g/mol. The summed E-state index contributed by atoms with van der Waals surface area (Å²) >= 11 is 4.94. The molecule has 6 nitrogen and oxygen atoms in total. The first-order valence-corrected chi connectivity index (χ1v) is 10.8. The van der Waals surface area contributed by atoms with Gasteiger partial charge in [0.05, 0.1) is 29.6 Å². The predicted octanol–water partition coefficient (Wildman–Crippen LogP) is 5.07. The molecule has 2 aromatic carbocycles. The van der Waals surface area contributed by atoms with E-state index in [0.717, 1.165) is 20.4 Å². The quantitative estimate of drug-likeness (QED) is 0.366. The summed E-state index contributed by atoms with van der Waals surface area (Å²) < 4.78 is 12.9. The summed E-state index contributed by atoms with van der Waals surface area (Å²) in [4.78, 5) is 23.7. The van der Waals surface area contributed by atoms with Crippen LogP contribution in [0.5, 0.6) is 11.5 Å². The number of thiazole rings is 1. The highest BCUT2D eigenvalue weighted by molar-refractivity contribution is 9.10. The molecule has 4 rings (SSSR count). The maximum atomic E-state index is 13.1. The van der Waals surface area contributed by atoms with Gasteiger partial charge >= 0.3 is 0 Å². The van der Waals surface area contributed by atoms with Crippen LogP contribution in [0.1, 0.15) is 5.69 Å². The number of amides is 1. The number of benzene rings is 2. The molecule has 0 aliphatic carbocycles. The number of pyridine rings is 1. The van der Waals surface area contributed by atoms with Gasteiger partial charge in [-0.05, 0) is 42.5 Å². The van der Waals surface area contributed by atoms with E-state index in [-0.39, 0.29) is 12.5 Å². The molecule has 0 spiro atoms. The standard InChI is InChI=1S/C22H18BrN3O3S/c1-28-17-6-4-7-18(12-17)29-14-21(27)26(13-16-5-2-3-10-24-16)22-25-19-9-8-15(23)11-20(19)30-22/h2-12H,13-14H2,1H3. The van der Waals surface area contributed by atoms with E-state index in [9.17, 15) is 4.79 Å². The molecular weight excluding hydrogens is 466 g/mol. The normalized spacial score (nSPS) is 10.7. The molecule has 0 aliphatic heterocycles. The van der Waals surface area contributed by atoms with Crippen molar-refractivity contribution in [3.05, 3.63) is 77.0 Å². The molecule has 2 heterocycles. The molecule has 152 valence electrons. The number of hydrogen-bond donors (Lipinski definition) is 0. The minimum Gasteiger partial charge on any atom is -0.497 e. The Balaban J connectivity index is 1.59. The minimum atomic E-state index is -0.207. The molecule has 30 heavy (non-hydrogen) atoms. The number of anilines is 1. The third kappa shape index (κ3) is 4.77. The highest BCUT2D eigenvalue weighted by Gasteiger charge is 2.21. The van der Waals surface area contributed by atoms with Crippen LogP contribution in [-0.2, 0) is 11.3 Å². The molecule has 0 bridgehead atoms. The summed E-state index contributed by atoms with van der Waals surface area (Å²) in [5.41, 5.74) is 1.61. The van der Waals surface area contributed by atoms with Crippen molar-refractivity contribution in [1.29, 1.82) is 0 Å². The number of aromatic nitrogens is 2. The Labute approximate surface area is 186 Å². The molecular formula is C22H18BrN3O3S. The zero-order chi connectivity index (χ0) is 20.9. The Bertz CT molecular complexity index is 1170. The lowest BCUT2D eigenvalue weighted by Gasteiger charge is -2.19. The Kier molecular flexibility index (Phi) is 6.25. The van der Waals surface area contributed by atoms with Gasteiger partial charge in [-0.25, -0.2) is 4.98 Å². The van der Waals surface area contributed by atoms with E-state index in [4.69, 9.17) is 9.47 Å². The van der Waals surface area contributed by atoms with E-state index < -0.39 is 0 Å². The molecule has 0 unspecified atom stereocenters. The Morgan fingerprint density at radius 1 is 1.10 bits per heavy atom. The zero-order valence-corrected chi connectivity index (χ0v) is 18.5. The molecule has 0 saturated carbocycles. The van der Waals surface area contributed by atoms with Gasteiger partial charge in [0.2, 0.25) is 0 Å². The van der Waals surface area contributed by atoms with Crippen molar-refractivity contribution in [2.24, 2.45) is 0 Å². The first-order valence-electron chi connectivity index (χ1n) is 9.15. The van der Waals surface area contributed by atoms with Crippen molar-refractivity contribution in [3.8, 4) is 11.5 Å². The average Bonchev–Trinajstić information content (AvgIpc) is 3.19. The number of ether oxygens (including phenoxy) is 2. The second-order valence-corrected chi connectivity index (χ2v) is 8.30. The Hall–Kier alpha value is -2.97. The van der Waals surface area contributed by atoms with Gasteiger partial charge in [-0.15, -0.1) is 0 Å². The van der Waals surface area contributed by atoms with E-state index in [1.807, 2.05) is 48.5 Å². The number of fused-ring (bicyclic) bond motifs is 1. The fourth-order valence-electron chi connectivity index (χ4n) is 2.83. The molecule has 0 saturated heterocycles. The summed E-state index contributed by atoms with van der Waals surface area (Å²) in [6, 6.07) is 18.6. The summed E-state index contributed by atoms with van der Waals surface area (Å²) in [5.74, 6) is 1.03. The maximum absolute atomic E-state index is 13.1. The maximum Gasteiger partial charge on any atom is 0.267 e. The third-order valence-corrected chi connectivity index (χ3v) is 5.86. The summed E-state index contributed by atoms with van der Waals surface area (Å²) in [5, 5.41) is 0.605. The molecule has 8 heteroatoms. The van der Waals surface area contributed by atoms with Crippen LogP contribution in [0.25, 0.3) is 10.2 Å². The first kappa shape index (κ1) is 20.3. The van der Waals surface area contributed by atoms with Gasteiger partial charge in [-0.2, -0.15) is 0 Å². The highest BCUT2D eigenvalue weighted by Crippen LogP contribution is 2.31. The number of hydrogen-bond acceptors (Lipinski definition) is 6. The van der Waals surface area contributed by atoms with Crippen molar-refractivity contribution >= 4 is 48.5 Å². The largest absolute Gasteiger partial charge is 0.497 e. The van der Waals surface area contributed by atoms with Gasteiger partial charge in [-0.3, -0.25) is 14.7 Å². The predicted molar refractivity (Wildman–Crippen MR) is 121 cm³/mol. The lowest BCUT2D eigenvalue weighted by Crippen LogP contribution is -2.34. The SMILES string of the molecule is COc1cccc(OCC(=O)N(Cc2ccccn2)c2nc3ccc(Br)cc3s2)c1. The number of carbonyl (C=O) groups excluding carboxylic acids is 1. The second kappa shape index (κ2) is 9.23. The van der Waals surface area contributed by atoms with Crippen molar-refractivity contribution in [3.63, 3.8) is 0 Å². The molecule has 1 amide bonds. The van der Waals surface area contributed by atoms with Crippen LogP contribution in [-0.4, -0.2) is 29.6 Å². The van der Waals surface area contributed by atoms with Gasteiger partial charge in [-0.1, -0.05) is 39.4 Å². The van der Waals surface area contributed by atoms with E-state index in [2.05, 4.69) is 25.9 Å². The molecule has 0 radical (unpaired) electrons. The summed E-state index contributed by atoms with van der Waals surface area (Å²) in [6.45, 7) is 0.182. The minimum absolute atomic E-state index is 0.125. The molecule has 0 fully saturated rings. The lowest BCUT2D eigenvalue weighted by atomic mass is 10.3. The number of methoxy groups -OCH3 is 1. The zero-order valence-electron chi connectivity index (χ0n) is 16.1. The first-order chi connectivity index (χ1) is 14.6. The fraction of sp³-hybridized carbons (Fsp3) is 0.136. The summed E-state index contributed by atoms with van der Waals surface area (Å²) in [7, 11) is 1.59. The topological polar surface area (TPSA) is 64.6 Å². The number of halogens is 1. The van der Waals surface area contributed by atoms with Crippen LogP contribution in [0.15, 0.2) is 71.3 Å². The van der Waals surface area contributed by atoms with Gasteiger partial charge < -0.3 is 9.47 Å². The van der Waals surface area contributed by atoms with E-state index in [1.165, 1.54) is 11.3 Å². The Morgan fingerprint density at radius 3 is 2.77 bits per heavy atom. The van der Waals surface area contributed by atoms with Crippen LogP contribution in [0.3, 0.4) is 0 Å². The van der Waals surface area contributed by atoms with E-state index >= 15 is 0 Å². The Morgan fingerprint density at radius 2 is 1.97 bits per heavy atom. The van der Waals surface area contributed by atoms with E-state index in [0.29, 0.717) is 23.2 Å². The van der Waals surface area contributed by atoms with Crippen LogP contribution in [0.4, 0.5) is 5.13 Å². The molecule has 4 aromatic rings. The van der Waals surface area contributed by atoms with Crippen molar-refractivity contribution in [2.45, 2.75) is 6.54 Å². The molecule has 0 atom stereocenters. The van der Waals surface area contributed by atoms with Crippen molar-refractivity contribution in [1.82, 2.24) is 9.97 Å². The summed E-state index contributed by atoms with van der Waals surface area (Å²) in [6.07, 6.45) is 1.71. The highest BCUT2D eigenvalue weighted by atomic mass is 79.9. The van der Waals surface area contributed by atoms with Crippen molar-refractivity contribution < 1.29 is 14.3 Å². The second-order valence-electron chi connectivity index (χ2n) is 6.38. The molecule has 0 N–H and O–H groups in total. The number of nitrogens with zero attached hydrogens (tertiary/aromatic N) is 3. The van der Waals surface area contributed by atoms with Crippen LogP contribution in [0, 0.1) is 0 Å². The average molecular weight is 484 g/mol. The van der Waals surface area contributed by atoms with Gasteiger partial charge in [0.1, 0.15) is 11.5 Å². The van der Waals surface area contributed by atoms with Gasteiger partial charge in [0.15, 0.2) is 11.7 Å². The van der Waals surface area contributed by atoms with Gasteiger partial charge in [0, 0.05) is 16.7 Å². The number of rotatable bonds is 7. The van der Waals surface area contributed by atoms with Crippen LogP contribution < -0.4 is 14.4 Å². The van der Waals surface area contributed by atoms with Crippen LogP contribution in [0.2, 0.25) is 0 Å². The van der Waals surface area contributed by atoms with E-state index in [1.54, 1.807) is 30.3 Å². The molecule has 2 aromatic heterocycles. The molecule has 0 aliphatic rings. The van der Waals surface area contributed by atoms with Gasteiger partial charge in [0.25, 0.3) is 5.91 Å². The lowest BCUT2D eigenvalue weighted by molar-refractivity contribution is -0.120. The van der Waals surface area contributed by atoms with Crippen LogP contribution >= 0.6 is 27.3 Å². The van der Waals surface area contributed by atoms with Crippen molar-refractivity contribution in [2.75, 3.05) is 18.6 Å². The third-order valence-electron chi connectivity index (χ3n) is 4.32. The fourth-order valence-corrected chi connectivity index (χ4v) is 4.37. The number of carbonyl (C=O) groups is 1. The smallest absolute Gasteiger partial charge is 0.267 e.